The van der Waals surface area contributed by atoms with Gasteiger partial charge in [-0.15, -0.1) is 0 Å². The Bertz CT molecular complexity index is 844. The molecule has 0 spiro atoms. The van der Waals surface area contributed by atoms with Crippen molar-refractivity contribution in [1.29, 1.82) is 0 Å². The number of sulfonamides is 1. The van der Waals surface area contributed by atoms with Crippen molar-refractivity contribution in [3.63, 3.8) is 0 Å². The van der Waals surface area contributed by atoms with E-state index >= 15 is 0 Å². The molecule has 2 aromatic rings. The van der Waals surface area contributed by atoms with Crippen molar-refractivity contribution in [2.75, 3.05) is 20.2 Å². The Hall–Kier alpha value is -1.89. The monoisotopic (exact) mass is 391 g/mol. The highest BCUT2D eigenvalue weighted by Crippen LogP contribution is 2.20. The molecule has 0 saturated carbocycles. The van der Waals surface area contributed by atoms with E-state index < -0.39 is 10.0 Å². The van der Waals surface area contributed by atoms with E-state index in [2.05, 4.69) is 25.2 Å². The molecule has 6 heteroatoms. The molecular formula is C21H31N2O3S+. The van der Waals surface area contributed by atoms with Crippen LogP contribution in [0.4, 0.5) is 0 Å². The van der Waals surface area contributed by atoms with Crippen molar-refractivity contribution in [1.82, 2.24) is 4.31 Å². The Kier molecular flexibility index (Phi) is 7.41. The van der Waals surface area contributed by atoms with Crippen molar-refractivity contribution in [2.24, 2.45) is 0 Å². The first kappa shape index (κ1) is 21.4. The van der Waals surface area contributed by atoms with Crippen LogP contribution in [-0.2, 0) is 16.6 Å². The number of nitrogens with two attached hydrogens (primary N) is 1. The molecule has 0 aromatic heterocycles. The van der Waals surface area contributed by atoms with E-state index in [1.807, 2.05) is 38.1 Å². The fraction of sp³-hybridized carbons (Fsp3) is 0.429. The fourth-order valence-electron chi connectivity index (χ4n) is 3.16. The molecule has 0 aliphatic carbocycles. The number of benzene rings is 2. The SMILES string of the molecule is CCN(CC)S(=O)(=O)c1ccc([C@H](C)[NH2+]Cc2cc(C)ccc2OC)cc1. The largest absolute Gasteiger partial charge is 0.496 e. The van der Waals surface area contributed by atoms with Gasteiger partial charge < -0.3 is 10.1 Å². The molecule has 2 rings (SSSR count). The first-order valence-corrected chi connectivity index (χ1v) is 10.8. The van der Waals surface area contributed by atoms with Crippen LogP contribution in [0.25, 0.3) is 0 Å². The summed E-state index contributed by atoms with van der Waals surface area (Å²) < 4.78 is 32.1. The summed E-state index contributed by atoms with van der Waals surface area (Å²) in [7, 11) is -1.72. The molecule has 0 aliphatic heterocycles. The maximum absolute atomic E-state index is 12.6. The van der Waals surface area contributed by atoms with Gasteiger partial charge in [-0.25, -0.2) is 8.42 Å². The minimum atomic E-state index is -3.41. The van der Waals surface area contributed by atoms with Crippen LogP contribution in [0.5, 0.6) is 5.75 Å². The highest BCUT2D eigenvalue weighted by Gasteiger charge is 2.22. The van der Waals surface area contributed by atoms with Gasteiger partial charge in [0.25, 0.3) is 0 Å². The second-order valence-electron chi connectivity index (χ2n) is 6.70. The zero-order valence-corrected chi connectivity index (χ0v) is 17.7. The predicted octanol–water partition coefficient (Wildman–Crippen LogP) is 2.86. The minimum Gasteiger partial charge on any atom is -0.496 e. The second kappa shape index (κ2) is 9.35. The summed E-state index contributed by atoms with van der Waals surface area (Å²) in [5, 5.41) is 2.23. The number of methoxy groups -OCH3 is 1. The van der Waals surface area contributed by atoms with Crippen molar-refractivity contribution in [3.05, 3.63) is 59.2 Å². The van der Waals surface area contributed by atoms with E-state index in [-0.39, 0.29) is 6.04 Å². The van der Waals surface area contributed by atoms with Crippen LogP contribution in [0.2, 0.25) is 0 Å². The Labute approximate surface area is 163 Å². The second-order valence-corrected chi connectivity index (χ2v) is 8.64. The summed E-state index contributed by atoms with van der Waals surface area (Å²) in [4.78, 5) is 0.350. The van der Waals surface area contributed by atoms with Gasteiger partial charge in [0.1, 0.15) is 18.3 Å². The average molecular weight is 392 g/mol. The van der Waals surface area contributed by atoms with Crippen LogP contribution in [0.3, 0.4) is 0 Å². The molecule has 0 saturated heterocycles. The third-order valence-electron chi connectivity index (χ3n) is 4.88. The van der Waals surface area contributed by atoms with Gasteiger partial charge in [-0.05, 0) is 38.1 Å². The lowest BCUT2D eigenvalue weighted by molar-refractivity contribution is -0.708. The van der Waals surface area contributed by atoms with Gasteiger partial charge in [0.05, 0.1) is 12.0 Å². The van der Waals surface area contributed by atoms with Crippen LogP contribution in [0.15, 0.2) is 47.4 Å². The summed E-state index contributed by atoms with van der Waals surface area (Å²) in [6.07, 6.45) is 0. The molecule has 2 N–H and O–H groups in total. The smallest absolute Gasteiger partial charge is 0.243 e. The number of aryl methyl sites for hydroxylation is 1. The lowest BCUT2D eigenvalue weighted by atomic mass is 10.1. The number of hydrogen-bond acceptors (Lipinski definition) is 3. The summed E-state index contributed by atoms with van der Waals surface area (Å²) in [5.41, 5.74) is 3.46. The van der Waals surface area contributed by atoms with Crippen LogP contribution in [0, 0.1) is 6.92 Å². The first-order chi connectivity index (χ1) is 12.8. The number of rotatable bonds is 9. The van der Waals surface area contributed by atoms with E-state index in [9.17, 15) is 8.42 Å². The third kappa shape index (κ3) is 5.09. The molecule has 0 radical (unpaired) electrons. The van der Waals surface area contributed by atoms with Crippen molar-refractivity contribution in [3.8, 4) is 5.75 Å². The number of hydrogen-bond donors (Lipinski definition) is 1. The maximum atomic E-state index is 12.6. The van der Waals surface area contributed by atoms with Gasteiger partial charge in [0, 0.05) is 24.2 Å². The van der Waals surface area contributed by atoms with Crippen molar-refractivity contribution >= 4 is 10.0 Å². The van der Waals surface area contributed by atoms with Crippen LogP contribution >= 0.6 is 0 Å². The lowest BCUT2D eigenvalue weighted by Gasteiger charge is -2.19. The van der Waals surface area contributed by atoms with E-state index in [1.54, 1.807) is 19.2 Å². The summed E-state index contributed by atoms with van der Waals surface area (Å²) in [6.45, 7) is 9.65. The van der Waals surface area contributed by atoms with Crippen molar-refractivity contribution < 1.29 is 18.5 Å². The minimum absolute atomic E-state index is 0.209. The topological polar surface area (TPSA) is 63.2 Å². The number of quaternary nitrogens is 1. The summed E-state index contributed by atoms with van der Waals surface area (Å²) >= 11 is 0. The molecule has 1 atom stereocenters. The Morgan fingerprint density at radius 2 is 1.70 bits per heavy atom. The molecule has 0 fully saturated rings. The molecule has 5 nitrogen and oxygen atoms in total. The van der Waals surface area contributed by atoms with Gasteiger partial charge in [0.2, 0.25) is 10.0 Å². The van der Waals surface area contributed by atoms with Crippen LogP contribution in [-0.4, -0.2) is 32.9 Å². The number of nitrogens with zero attached hydrogens (tertiary/aromatic N) is 1. The van der Waals surface area contributed by atoms with Gasteiger partial charge in [0.15, 0.2) is 0 Å². The van der Waals surface area contributed by atoms with Crippen LogP contribution < -0.4 is 10.1 Å². The zero-order chi connectivity index (χ0) is 20.0. The standard InChI is InChI=1S/C21H30N2O3S/c1-6-23(7-2)27(24,25)20-11-9-18(10-12-20)17(4)22-15-19-14-16(3)8-13-21(19)26-5/h8-14,17,22H,6-7,15H2,1-5H3/p+1/t17-/m0/s1. The molecule has 0 amide bonds. The lowest BCUT2D eigenvalue weighted by Crippen LogP contribution is -2.83. The Balaban J connectivity index is 2.10. The molecule has 27 heavy (non-hydrogen) atoms. The molecule has 0 heterocycles. The molecule has 0 unspecified atom stereocenters. The average Bonchev–Trinajstić information content (AvgIpc) is 2.67. The van der Waals surface area contributed by atoms with Gasteiger partial charge in [-0.3, -0.25) is 0 Å². The summed E-state index contributed by atoms with van der Waals surface area (Å²) in [6, 6.07) is 13.6. The highest BCUT2D eigenvalue weighted by atomic mass is 32.2. The first-order valence-electron chi connectivity index (χ1n) is 9.40. The van der Waals surface area contributed by atoms with Crippen LogP contribution in [0.1, 0.15) is 43.5 Å². The highest BCUT2D eigenvalue weighted by molar-refractivity contribution is 7.89. The van der Waals surface area contributed by atoms with Crippen molar-refractivity contribution in [2.45, 2.75) is 45.2 Å². The van der Waals surface area contributed by atoms with Gasteiger partial charge >= 0.3 is 0 Å². The molecule has 2 aromatic carbocycles. The van der Waals surface area contributed by atoms with E-state index in [1.165, 1.54) is 9.87 Å². The maximum Gasteiger partial charge on any atom is 0.243 e. The zero-order valence-electron chi connectivity index (χ0n) is 16.9. The van der Waals surface area contributed by atoms with E-state index in [4.69, 9.17) is 4.74 Å². The third-order valence-corrected chi connectivity index (χ3v) is 6.94. The van der Waals surface area contributed by atoms with E-state index in [0.717, 1.165) is 23.4 Å². The Morgan fingerprint density at radius 1 is 1.07 bits per heavy atom. The number of ether oxygens (including phenoxy) is 1. The fourth-order valence-corrected chi connectivity index (χ4v) is 4.62. The molecule has 0 bridgehead atoms. The van der Waals surface area contributed by atoms with Gasteiger partial charge in [-0.2, -0.15) is 4.31 Å². The molecular weight excluding hydrogens is 360 g/mol. The predicted molar refractivity (Wildman–Crippen MR) is 108 cm³/mol. The van der Waals surface area contributed by atoms with Gasteiger partial charge in [-0.1, -0.05) is 37.6 Å². The molecule has 148 valence electrons. The Morgan fingerprint density at radius 3 is 2.26 bits per heavy atom. The molecule has 0 aliphatic rings. The van der Waals surface area contributed by atoms with E-state index in [0.29, 0.717) is 18.0 Å². The summed E-state index contributed by atoms with van der Waals surface area (Å²) in [5.74, 6) is 0.893. The normalized spacial score (nSPS) is 13.0. The quantitative estimate of drug-likeness (QED) is 0.715.